The maximum absolute atomic E-state index is 9.15. The normalized spacial score (nSPS) is 11.0. The fraction of sp³-hybridized carbons (Fsp3) is 0.692. The van der Waals surface area contributed by atoms with E-state index in [1.807, 2.05) is 20.8 Å². The van der Waals surface area contributed by atoms with Crippen LogP contribution in [-0.2, 0) is 0 Å². The summed E-state index contributed by atoms with van der Waals surface area (Å²) in [6, 6.07) is 0. The molecule has 102 valence electrons. The summed E-state index contributed by atoms with van der Waals surface area (Å²) in [4.78, 5) is 11.0. The van der Waals surface area contributed by atoms with E-state index >= 15 is 0 Å². The van der Waals surface area contributed by atoms with Gasteiger partial charge >= 0.3 is 0 Å². The van der Waals surface area contributed by atoms with Crippen LogP contribution in [-0.4, -0.2) is 34.8 Å². The fourth-order valence-electron chi connectivity index (χ4n) is 1.82. The van der Waals surface area contributed by atoms with E-state index < -0.39 is 0 Å². The van der Waals surface area contributed by atoms with Gasteiger partial charge in [0, 0.05) is 24.6 Å². The summed E-state index contributed by atoms with van der Waals surface area (Å²) >= 11 is 0. The lowest BCUT2D eigenvalue weighted by Crippen LogP contribution is -2.30. The Kier molecular flexibility index (Phi) is 5.34. The first-order valence-corrected chi connectivity index (χ1v) is 6.51. The second kappa shape index (κ2) is 6.54. The quantitative estimate of drug-likeness (QED) is 0.806. The van der Waals surface area contributed by atoms with E-state index in [2.05, 4.69) is 21.8 Å². The Morgan fingerprint density at radius 3 is 2.44 bits per heavy atom. The van der Waals surface area contributed by atoms with Crippen LogP contribution < -0.4 is 10.6 Å². The highest BCUT2D eigenvalue weighted by Crippen LogP contribution is 2.24. The Morgan fingerprint density at radius 1 is 1.28 bits per heavy atom. The molecule has 1 rings (SSSR count). The third-order valence-corrected chi connectivity index (χ3v) is 2.85. The minimum Gasteiger partial charge on any atom is -0.395 e. The van der Waals surface area contributed by atoms with E-state index in [9.17, 15) is 0 Å². The molecule has 18 heavy (non-hydrogen) atoms. The highest BCUT2D eigenvalue weighted by Gasteiger charge is 2.16. The average Bonchev–Trinajstić information content (AvgIpc) is 2.32. The second-order valence-corrected chi connectivity index (χ2v) is 4.78. The molecule has 0 aliphatic rings. The van der Waals surface area contributed by atoms with Gasteiger partial charge in [-0.3, -0.25) is 0 Å². The largest absolute Gasteiger partial charge is 0.395 e. The lowest BCUT2D eigenvalue weighted by atomic mass is 10.2. The number of rotatable bonds is 6. The Balaban J connectivity index is 3.18. The highest BCUT2D eigenvalue weighted by atomic mass is 16.3. The Labute approximate surface area is 109 Å². The number of hydrogen-bond acceptors (Lipinski definition) is 5. The topological polar surface area (TPSA) is 75.3 Å². The van der Waals surface area contributed by atoms with Crippen LogP contribution in [0.2, 0.25) is 0 Å². The van der Waals surface area contributed by atoms with Crippen LogP contribution in [0.25, 0.3) is 0 Å². The summed E-state index contributed by atoms with van der Waals surface area (Å²) < 4.78 is 0. The lowest BCUT2D eigenvalue weighted by Gasteiger charge is -2.25. The molecule has 0 fully saturated rings. The molecule has 0 aliphatic heterocycles. The van der Waals surface area contributed by atoms with Crippen molar-refractivity contribution < 1.29 is 5.11 Å². The number of aromatic nitrogens is 2. The molecule has 3 N–H and O–H groups in total. The van der Waals surface area contributed by atoms with Gasteiger partial charge in [-0.25, -0.2) is 9.97 Å². The monoisotopic (exact) mass is 252 g/mol. The number of aliphatic hydroxyl groups excluding tert-OH is 1. The standard InChI is InChI=1S/C13H24N4O/c1-5-6-17(7-8-18)13-10(4)11(14)15-12(16-13)9(2)3/h9,18H,5-8H2,1-4H3,(H2,14,15,16). The molecule has 0 aliphatic carbocycles. The van der Waals surface area contributed by atoms with Crippen LogP contribution >= 0.6 is 0 Å². The van der Waals surface area contributed by atoms with E-state index in [-0.39, 0.29) is 12.5 Å². The second-order valence-electron chi connectivity index (χ2n) is 4.78. The molecular weight excluding hydrogens is 228 g/mol. The van der Waals surface area contributed by atoms with E-state index in [4.69, 9.17) is 10.8 Å². The van der Waals surface area contributed by atoms with Crippen molar-refractivity contribution >= 4 is 11.6 Å². The Morgan fingerprint density at radius 2 is 1.94 bits per heavy atom. The predicted molar refractivity (Wildman–Crippen MR) is 74.9 cm³/mol. The van der Waals surface area contributed by atoms with Gasteiger partial charge in [0.25, 0.3) is 0 Å². The van der Waals surface area contributed by atoms with Crippen LogP contribution in [0.5, 0.6) is 0 Å². The predicted octanol–water partition coefficient (Wildman–Crippen LogP) is 1.70. The smallest absolute Gasteiger partial charge is 0.137 e. The van der Waals surface area contributed by atoms with Crippen LogP contribution in [0.15, 0.2) is 0 Å². The molecule has 5 heteroatoms. The van der Waals surface area contributed by atoms with Crippen molar-refractivity contribution in [3.8, 4) is 0 Å². The van der Waals surface area contributed by atoms with Gasteiger partial charge in [-0.15, -0.1) is 0 Å². The van der Waals surface area contributed by atoms with E-state index in [1.165, 1.54) is 0 Å². The first-order valence-electron chi connectivity index (χ1n) is 6.51. The maximum Gasteiger partial charge on any atom is 0.137 e. The Bertz CT molecular complexity index is 387. The zero-order valence-electron chi connectivity index (χ0n) is 11.8. The molecule has 1 heterocycles. The van der Waals surface area contributed by atoms with Gasteiger partial charge in [0.2, 0.25) is 0 Å². The molecule has 5 nitrogen and oxygen atoms in total. The molecule has 0 saturated carbocycles. The first-order chi connectivity index (χ1) is 8.51. The third-order valence-electron chi connectivity index (χ3n) is 2.85. The van der Waals surface area contributed by atoms with Crippen molar-refractivity contribution in [1.82, 2.24) is 9.97 Å². The number of anilines is 2. The molecule has 0 aromatic carbocycles. The molecule has 0 amide bonds. The molecule has 0 spiro atoms. The average molecular weight is 252 g/mol. The van der Waals surface area contributed by atoms with Gasteiger partial charge in [-0.1, -0.05) is 20.8 Å². The summed E-state index contributed by atoms with van der Waals surface area (Å²) in [5.74, 6) is 2.38. The summed E-state index contributed by atoms with van der Waals surface area (Å²) in [7, 11) is 0. The fourth-order valence-corrected chi connectivity index (χ4v) is 1.82. The van der Waals surface area contributed by atoms with Crippen LogP contribution in [0.4, 0.5) is 11.6 Å². The number of nitrogens with two attached hydrogens (primary N) is 1. The molecule has 1 aromatic heterocycles. The third kappa shape index (κ3) is 3.32. The summed E-state index contributed by atoms with van der Waals surface area (Å²) in [6.07, 6.45) is 1.00. The summed E-state index contributed by atoms with van der Waals surface area (Å²) in [6.45, 7) is 9.66. The molecular formula is C13H24N4O. The van der Waals surface area contributed by atoms with Crippen molar-refractivity contribution in [3.05, 3.63) is 11.4 Å². The summed E-state index contributed by atoms with van der Waals surface area (Å²) in [5.41, 5.74) is 6.84. The lowest BCUT2D eigenvalue weighted by molar-refractivity contribution is 0.301. The van der Waals surface area contributed by atoms with Gasteiger partial charge in [0.15, 0.2) is 0 Å². The van der Waals surface area contributed by atoms with Crippen molar-refractivity contribution in [2.75, 3.05) is 30.3 Å². The highest BCUT2D eigenvalue weighted by molar-refractivity contribution is 5.56. The minimum atomic E-state index is 0.111. The molecule has 0 atom stereocenters. The number of hydrogen-bond donors (Lipinski definition) is 2. The van der Waals surface area contributed by atoms with E-state index in [1.54, 1.807) is 0 Å². The van der Waals surface area contributed by atoms with Gasteiger partial charge in [0.1, 0.15) is 17.5 Å². The SMILES string of the molecule is CCCN(CCO)c1nc(C(C)C)nc(N)c1C. The van der Waals surface area contributed by atoms with Gasteiger partial charge in [-0.2, -0.15) is 0 Å². The number of nitrogen functional groups attached to an aromatic ring is 1. The minimum absolute atomic E-state index is 0.111. The van der Waals surface area contributed by atoms with Gasteiger partial charge in [0.05, 0.1) is 6.61 Å². The number of aliphatic hydroxyl groups is 1. The first kappa shape index (κ1) is 14.7. The molecule has 0 saturated heterocycles. The van der Waals surface area contributed by atoms with Crippen molar-refractivity contribution in [2.24, 2.45) is 0 Å². The van der Waals surface area contributed by atoms with Crippen molar-refractivity contribution in [2.45, 2.75) is 40.0 Å². The van der Waals surface area contributed by atoms with Crippen molar-refractivity contribution in [3.63, 3.8) is 0 Å². The summed E-state index contributed by atoms with van der Waals surface area (Å²) in [5, 5.41) is 9.15. The number of nitrogens with zero attached hydrogens (tertiary/aromatic N) is 3. The van der Waals surface area contributed by atoms with Gasteiger partial charge in [-0.05, 0) is 13.3 Å². The zero-order valence-corrected chi connectivity index (χ0v) is 11.8. The van der Waals surface area contributed by atoms with Crippen molar-refractivity contribution in [1.29, 1.82) is 0 Å². The van der Waals surface area contributed by atoms with Crippen LogP contribution in [0, 0.1) is 6.92 Å². The maximum atomic E-state index is 9.15. The van der Waals surface area contributed by atoms with E-state index in [0.29, 0.717) is 12.4 Å². The van der Waals surface area contributed by atoms with Crippen LogP contribution in [0.3, 0.4) is 0 Å². The molecule has 0 bridgehead atoms. The zero-order chi connectivity index (χ0) is 13.7. The van der Waals surface area contributed by atoms with E-state index in [0.717, 1.165) is 30.2 Å². The molecule has 0 unspecified atom stereocenters. The molecule has 1 aromatic rings. The molecule has 0 radical (unpaired) electrons. The van der Waals surface area contributed by atoms with Gasteiger partial charge < -0.3 is 15.7 Å². The Hall–Kier alpha value is -1.36. The van der Waals surface area contributed by atoms with Crippen LogP contribution in [0.1, 0.15) is 44.5 Å².